The van der Waals surface area contributed by atoms with Crippen molar-refractivity contribution >= 4 is 17.4 Å². The van der Waals surface area contributed by atoms with E-state index in [2.05, 4.69) is 10.4 Å². The first-order valence-corrected chi connectivity index (χ1v) is 6.52. The summed E-state index contributed by atoms with van der Waals surface area (Å²) in [6.45, 7) is 0. The number of hydrazine groups is 1. The number of hydrogen-bond donors (Lipinski definition) is 3. The molecule has 106 valence electrons. The lowest BCUT2D eigenvalue weighted by atomic mass is 10.00. The van der Waals surface area contributed by atoms with E-state index in [9.17, 15) is 0 Å². The maximum atomic E-state index is 5.96. The largest absolute Gasteiger partial charge is 0.497 e. The van der Waals surface area contributed by atoms with Gasteiger partial charge in [-0.2, -0.15) is 0 Å². The summed E-state index contributed by atoms with van der Waals surface area (Å²) < 4.78 is 5.13. The molecule has 1 heterocycles. The second-order valence-electron chi connectivity index (χ2n) is 4.40. The lowest BCUT2D eigenvalue weighted by Gasteiger charge is -2.18. The fourth-order valence-electron chi connectivity index (χ4n) is 2.00. The second-order valence-corrected chi connectivity index (χ2v) is 4.84. The molecule has 0 aliphatic carbocycles. The fourth-order valence-corrected chi connectivity index (χ4v) is 2.17. The average molecular weight is 293 g/mol. The van der Waals surface area contributed by atoms with Crippen LogP contribution in [0, 0.1) is 0 Å². The number of anilines is 1. The van der Waals surface area contributed by atoms with Gasteiger partial charge in [-0.15, -0.1) is 0 Å². The summed E-state index contributed by atoms with van der Waals surface area (Å²) in [5.41, 5.74) is 10.5. The number of nitrogens with zero attached hydrogens (tertiary/aromatic N) is 1. The van der Waals surface area contributed by atoms with Crippen LogP contribution >= 0.6 is 11.6 Å². The molecule has 0 saturated carbocycles. The molecule has 5 nitrogen and oxygen atoms in total. The number of rotatable bonds is 5. The second kappa shape index (κ2) is 6.56. The lowest BCUT2D eigenvalue weighted by molar-refractivity contribution is 0.414. The van der Waals surface area contributed by atoms with Crippen molar-refractivity contribution in [3.05, 3.63) is 52.7 Å². The van der Waals surface area contributed by atoms with Crippen LogP contribution in [0.3, 0.4) is 0 Å². The number of nitrogens with one attached hydrogen (secondary N) is 1. The van der Waals surface area contributed by atoms with Gasteiger partial charge in [0.15, 0.2) is 0 Å². The highest BCUT2D eigenvalue weighted by Crippen LogP contribution is 2.25. The van der Waals surface area contributed by atoms with Gasteiger partial charge in [0, 0.05) is 11.8 Å². The minimum Gasteiger partial charge on any atom is -0.497 e. The number of halogens is 1. The number of ether oxygens (including phenoxy) is 1. The Morgan fingerprint density at radius 2 is 2.05 bits per heavy atom. The summed E-state index contributed by atoms with van der Waals surface area (Å²) in [4.78, 5) is 4.05. The first-order valence-electron chi connectivity index (χ1n) is 6.14. The van der Waals surface area contributed by atoms with Crippen LogP contribution in [0.25, 0.3) is 0 Å². The van der Waals surface area contributed by atoms with Gasteiger partial charge in [-0.3, -0.25) is 11.3 Å². The molecule has 0 bridgehead atoms. The van der Waals surface area contributed by atoms with E-state index in [0.717, 1.165) is 16.9 Å². The molecule has 0 aliphatic rings. The highest BCUT2D eigenvalue weighted by molar-refractivity contribution is 6.30. The first kappa shape index (κ1) is 14.6. The fraction of sp³-hybridized carbons (Fsp3) is 0.214. The number of hydrogen-bond acceptors (Lipinski definition) is 5. The number of nitrogens with two attached hydrogens (primary N) is 2. The number of benzene rings is 1. The van der Waals surface area contributed by atoms with Gasteiger partial charge in [-0.05, 0) is 30.2 Å². The Morgan fingerprint density at radius 3 is 2.65 bits per heavy atom. The third-order valence-corrected chi connectivity index (χ3v) is 3.30. The van der Waals surface area contributed by atoms with Crippen LogP contribution in [0.2, 0.25) is 5.02 Å². The number of methoxy groups -OCH3 is 1. The maximum Gasteiger partial charge on any atom is 0.128 e. The summed E-state index contributed by atoms with van der Waals surface area (Å²) in [6, 6.07) is 9.40. The van der Waals surface area contributed by atoms with E-state index >= 15 is 0 Å². The third-order valence-electron chi connectivity index (χ3n) is 3.09. The van der Waals surface area contributed by atoms with E-state index in [1.165, 1.54) is 6.20 Å². The highest BCUT2D eigenvalue weighted by atomic mass is 35.5. The molecule has 0 aliphatic heterocycles. The number of aromatic nitrogens is 1. The summed E-state index contributed by atoms with van der Waals surface area (Å²) in [6.07, 6.45) is 2.19. The SMILES string of the molecule is COc1ccc(CC(NN)c2cc(Cl)cnc2N)cc1. The molecule has 5 N–H and O–H groups in total. The molecule has 2 aromatic rings. The van der Waals surface area contributed by atoms with Crippen molar-refractivity contribution in [3.8, 4) is 5.75 Å². The maximum absolute atomic E-state index is 5.96. The molecule has 2 rings (SSSR count). The average Bonchev–Trinajstić information content (AvgIpc) is 2.48. The van der Waals surface area contributed by atoms with Gasteiger partial charge in [0.05, 0.1) is 18.2 Å². The summed E-state index contributed by atoms with van der Waals surface area (Å²) in [7, 11) is 1.64. The van der Waals surface area contributed by atoms with Crippen molar-refractivity contribution in [1.29, 1.82) is 0 Å². The van der Waals surface area contributed by atoms with Crippen LogP contribution in [0.15, 0.2) is 36.5 Å². The first-order chi connectivity index (χ1) is 9.63. The molecule has 6 heteroatoms. The molecule has 20 heavy (non-hydrogen) atoms. The minimum absolute atomic E-state index is 0.158. The van der Waals surface area contributed by atoms with E-state index < -0.39 is 0 Å². The monoisotopic (exact) mass is 292 g/mol. The Balaban J connectivity index is 2.21. The predicted molar refractivity (Wildman–Crippen MR) is 80.4 cm³/mol. The zero-order valence-electron chi connectivity index (χ0n) is 11.1. The van der Waals surface area contributed by atoms with Crippen molar-refractivity contribution in [2.24, 2.45) is 5.84 Å². The standard InChI is InChI=1S/C14H17ClN4O/c1-20-11-4-2-9(3-5-11)6-13(19-17)12-7-10(15)8-18-14(12)16/h2-5,7-8,13,19H,6,17H2,1H3,(H2,16,18). The van der Waals surface area contributed by atoms with E-state index in [1.807, 2.05) is 24.3 Å². The molecule has 1 atom stereocenters. The third kappa shape index (κ3) is 3.39. The molecule has 0 amide bonds. The van der Waals surface area contributed by atoms with Crippen LogP contribution < -0.4 is 21.7 Å². The Bertz CT molecular complexity index is 574. The molecular weight excluding hydrogens is 276 g/mol. The minimum atomic E-state index is -0.158. The van der Waals surface area contributed by atoms with Gasteiger partial charge < -0.3 is 10.5 Å². The van der Waals surface area contributed by atoms with Gasteiger partial charge in [-0.25, -0.2) is 4.98 Å². The van der Waals surface area contributed by atoms with E-state index in [-0.39, 0.29) is 6.04 Å². The quantitative estimate of drug-likeness (QED) is 0.580. The van der Waals surface area contributed by atoms with Crippen molar-refractivity contribution < 1.29 is 4.74 Å². The molecule has 0 fully saturated rings. The Labute approximate surface area is 122 Å². The van der Waals surface area contributed by atoms with E-state index in [1.54, 1.807) is 13.2 Å². The molecule has 0 spiro atoms. The van der Waals surface area contributed by atoms with E-state index in [4.69, 9.17) is 27.9 Å². The molecule has 1 aromatic heterocycles. The van der Waals surface area contributed by atoms with E-state index in [0.29, 0.717) is 17.3 Å². The van der Waals surface area contributed by atoms with Gasteiger partial charge in [0.2, 0.25) is 0 Å². The Hall–Kier alpha value is -1.82. The summed E-state index contributed by atoms with van der Waals surface area (Å²) >= 11 is 5.96. The van der Waals surface area contributed by atoms with Crippen LogP contribution in [0.4, 0.5) is 5.82 Å². The smallest absolute Gasteiger partial charge is 0.128 e. The lowest BCUT2D eigenvalue weighted by Crippen LogP contribution is -2.30. The molecule has 1 aromatic carbocycles. The van der Waals surface area contributed by atoms with Gasteiger partial charge in [0.25, 0.3) is 0 Å². The highest BCUT2D eigenvalue weighted by Gasteiger charge is 2.15. The van der Waals surface area contributed by atoms with Crippen LogP contribution in [-0.4, -0.2) is 12.1 Å². The molecule has 0 saturated heterocycles. The van der Waals surface area contributed by atoms with Gasteiger partial charge in [-0.1, -0.05) is 23.7 Å². The molecular formula is C14H17ClN4O. The summed E-state index contributed by atoms with van der Waals surface area (Å²) in [5.74, 6) is 6.86. The normalized spacial score (nSPS) is 12.2. The van der Waals surface area contributed by atoms with Crippen molar-refractivity contribution in [1.82, 2.24) is 10.4 Å². The topological polar surface area (TPSA) is 86.2 Å². The van der Waals surface area contributed by atoms with Crippen molar-refractivity contribution in [2.45, 2.75) is 12.5 Å². The van der Waals surface area contributed by atoms with Crippen LogP contribution in [0.1, 0.15) is 17.2 Å². The van der Waals surface area contributed by atoms with Gasteiger partial charge in [0.1, 0.15) is 11.6 Å². The summed E-state index contributed by atoms with van der Waals surface area (Å²) in [5, 5.41) is 0.532. The predicted octanol–water partition coefficient (Wildman–Crippen LogP) is 2.07. The number of pyridine rings is 1. The number of nitrogen functional groups attached to an aromatic ring is 1. The molecule has 1 unspecified atom stereocenters. The molecule has 0 radical (unpaired) electrons. The Morgan fingerprint density at radius 1 is 1.35 bits per heavy atom. The van der Waals surface area contributed by atoms with Crippen molar-refractivity contribution in [2.75, 3.05) is 12.8 Å². The van der Waals surface area contributed by atoms with Crippen molar-refractivity contribution in [3.63, 3.8) is 0 Å². The zero-order valence-corrected chi connectivity index (χ0v) is 11.9. The zero-order chi connectivity index (χ0) is 14.5. The van der Waals surface area contributed by atoms with Gasteiger partial charge >= 0.3 is 0 Å². The van der Waals surface area contributed by atoms with Crippen LogP contribution in [0.5, 0.6) is 5.75 Å². The Kier molecular flexibility index (Phi) is 4.79. The van der Waals surface area contributed by atoms with Crippen LogP contribution in [-0.2, 0) is 6.42 Å².